The van der Waals surface area contributed by atoms with Gasteiger partial charge in [0.1, 0.15) is 5.69 Å². The lowest BCUT2D eigenvalue weighted by molar-refractivity contribution is 0.0949. The standard InChI is InChI=1S/C21H33FN4O/c1-5-23-20(27)17-8-9-18(19(22)24-17)26-12-10-25(11-13-26)16-7-6-15(14-16)21(2,3)4/h8-9,15-16H,5-7,10-14H2,1-4H3,(H,23,27). The predicted octanol–water partition coefficient (Wildman–Crippen LogP) is 3.31. The summed E-state index contributed by atoms with van der Waals surface area (Å²) in [6.07, 6.45) is 3.87. The Bertz CT molecular complexity index is 665. The quantitative estimate of drug-likeness (QED) is 0.819. The summed E-state index contributed by atoms with van der Waals surface area (Å²) in [6.45, 7) is 12.9. The number of anilines is 1. The van der Waals surface area contributed by atoms with E-state index in [1.165, 1.54) is 19.3 Å². The van der Waals surface area contributed by atoms with E-state index in [1.807, 2.05) is 6.92 Å². The van der Waals surface area contributed by atoms with Crippen molar-refractivity contribution in [1.82, 2.24) is 15.2 Å². The summed E-state index contributed by atoms with van der Waals surface area (Å²) in [5.74, 6) is -0.0905. The monoisotopic (exact) mass is 376 g/mol. The molecule has 1 aromatic rings. The fourth-order valence-electron chi connectivity index (χ4n) is 4.44. The van der Waals surface area contributed by atoms with E-state index in [9.17, 15) is 9.18 Å². The second-order valence-electron chi connectivity index (χ2n) is 8.92. The molecule has 0 aromatic carbocycles. The first kappa shape index (κ1) is 20.1. The zero-order chi connectivity index (χ0) is 19.6. The number of nitrogens with zero attached hydrogens (tertiary/aromatic N) is 3. The minimum absolute atomic E-state index is 0.135. The van der Waals surface area contributed by atoms with Crippen LogP contribution in [0.5, 0.6) is 0 Å². The van der Waals surface area contributed by atoms with Gasteiger partial charge in [0, 0.05) is 38.8 Å². The van der Waals surface area contributed by atoms with E-state index in [4.69, 9.17) is 0 Å². The van der Waals surface area contributed by atoms with Gasteiger partial charge in [-0.3, -0.25) is 9.69 Å². The van der Waals surface area contributed by atoms with Crippen molar-refractivity contribution in [3.05, 3.63) is 23.8 Å². The second kappa shape index (κ2) is 8.13. The third kappa shape index (κ3) is 4.60. The molecule has 6 heteroatoms. The molecule has 0 spiro atoms. The number of nitrogens with one attached hydrogen (secondary N) is 1. The van der Waals surface area contributed by atoms with Gasteiger partial charge in [0.15, 0.2) is 0 Å². The van der Waals surface area contributed by atoms with Crippen LogP contribution in [0.25, 0.3) is 0 Å². The molecule has 2 unspecified atom stereocenters. The minimum atomic E-state index is -0.555. The van der Waals surface area contributed by atoms with E-state index in [-0.39, 0.29) is 11.6 Å². The van der Waals surface area contributed by atoms with E-state index in [1.54, 1.807) is 12.1 Å². The smallest absolute Gasteiger partial charge is 0.269 e. The molecule has 3 rings (SSSR count). The molecular formula is C21H33FN4O. The van der Waals surface area contributed by atoms with Crippen molar-refractivity contribution in [2.75, 3.05) is 37.6 Å². The maximum Gasteiger partial charge on any atom is 0.269 e. The van der Waals surface area contributed by atoms with Gasteiger partial charge in [-0.05, 0) is 49.7 Å². The van der Waals surface area contributed by atoms with Gasteiger partial charge in [-0.15, -0.1) is 0 Å². The molecule has 2 aliphatic rings. The second-order valence-corrected chi connectivity index (χ2v) is 8.92. The van der Waals surface area contributed by atoms with Crippen molar-refractivity contribution in [3.8, 4) is 0 Å². The first-order chi connectivity index (χ1) is 12.8. The molecule has 1 N–H and O–H groups in total. The van der Waals surface area contributed by atoms with Crippen LogP contribution >= 0.6 is 0 Å². The highest BCUT2D eigenvalue weighted by Gasteiger charge is 2.36. The van der Waals surface area contributed by atoms with Gasteiger partial charge < -0.3 is 10.2 Å². The topological polar surface area (TPSA) is 48.5 Å². The SMILES string of the molecule is CCNC(=O)c1ccc(N2CCN(C3CCC(C(C)(C)C)C3)CC2)c(F)n1. The summed E-state index contributed by atoms with van der Waals surface area (Å²) in [7, 11) is 0. The zero-order valence-electron chi connectivity index (χ0n) is 17.1. The van der Waals surface area contributed by atoms with Crippen molar-refractivity contribution in [2.24, 2.45) is 11.3 Å². The van der Waals surface area contributed by atoms with Gasteiger partial charge in [-0.2, -0.15) is 4.39 Å². The van der Waals surface area contributed by atoms with E-state index in [2.05, 4.69) is 40.9 Å². The van der Waals surface area contributed by atoms with Crippen LogP contribution in [-0.2, 0) is 0 Å². The lowest BCUT2D eigenvalue weighted by Crippen LogP contribution is -2.50. The summed E-state index contributed by atoms with van der Waals surface area (Å²) >= 11 is 0. The Morgan fingerprint density at radius 3 is 2.48 bits per heavy atom. The number of halogens is 1. The number of carbonyl (C=O) groups is 1. The third-order valence-electron chi connectivity index (χ3n) is 6.20. The summed E-state index contributed by atoms with van der Waals surface area (Å²) in [6, 6.07) is 3.97. The lowest BCUT2D eigenvalue weighted by atomic mass is 9.79. The van der Waals surface area contributed by atoms with Crippen molar-refractivity contribution in [1.29, 1.82) is 0 Å². The van der Waals surface area contributed by atoms with Crippen molar-refractivity contribution in [3.63, 3.8) is 0 Å². The minimum Gasteiger partial charge on any atom is -0.365 e. The zero-order valence-corrected chi connectivity index (χ0v) is 17.1. The number of hydrogen-bond acceptors (Lipinski definition) is 4. The van der Waals surface area contributed by atoms with Gasteiger partial charge in [0.25, 0.3) is 5.91 Å². The fourth-order valence-corrected chi connectivity index (χ4v) is 4.44. The van der Waals surface area contributed by atoms with E-state index < -0.39 is 5.95 Å². The van der Waals surface area contributed by atoms with Crippen LogP contribution in [0.4, 0.5) is 10.1 Å². The predicted molar refractivity (Wildman–Crippen MR) is 107 cm³/mol. The summed E-state index contributed by atoms with van der Waals surface area (Å²) in [5, 5.41) is 2.65. The van der Waals surface area contributed by atoms with Crippen molar-refractivity contribution >= 4 is 11.6 Å². The number of hydrogen-bond donors (Lipinski definition) is 1. The summed E-state index contributed by atoms with van der Waals surface area (Å²) in [4.78, 5) is 20.3. The van der Waals surface area contributed by atoms with Crippen LogP contribution in [0.15, 0.2) is 12.1 Å². The molecule has 2 atom stereocenters. The molecule has 27 heavy (non-hydrogen) atoms. The molecular weight excluding hydrogens is 343 g/mol. The number of pyridine rings is 1. The van der Waals surface area contributed by atoms with Crippen LogP contribution < -0.4 is 10.2 Å². The molecule has 2 heterocycles. The van der Waals surface area contributed by atoms with Gasteiger partial charge >= 0.3 is 0 Å². The molecule has 1 saturated heterocycles. The average Bonchev–Trinajstić information content (AvgIpc) is 3.12. The average molecular weight is 377 g/mol. The Morgan fingerprint density at radius 1 is 1.22 bits per heavy atom. The fraction of sp³-hybridized carbons (Fsp3) is 0.714. The third-order valence-corrected chi connectivity index (χ3v) is 6.20. The number of amides is 1. The molecule has 0 radical (unpaired) electrons. The number of piperazine rings is 1. The Kier molecular flexibility index (Phi) is 6.04. The van der Waals surface area contributed by atoms with Gasteiger partial charge in [-0.25, -0.2) is 4.98 Å². The van der Waals surface area contributed by atoms with Gasteiger partial charge in [0.05, 0.1) is 5.69 Å². The van der Waals surface area contributed by atoms with Crippen LogP contribution in [0.1, 0.15) is 57.4 Å². The van der Waals surface area contributed by atoms with Crippen LogP contribution in [0.2, 0.25) is 0 Å². The first-order valence-electron chi connectivity index (χ1n) is 10.2. The highest BCUT2D eigenvalue weighted by Crippen LogP contribution is 2.41. The highest BCUT2D eigenvalue weighted by atomic mass is 19.1. The number of carbonyl (C=O) groups excluding carboxylic acids is 1. The van der Waals surface area contributed by atoms with E-state index >= 15 is 0 Å². The molecule has 0 bridgehead atoms. The molecule has 1 aliphatic carbocycles. The highest BCUT2D eigenvalue weighted by molar-refractivity contribution is 5.92. The van der Waals surface area contributed by atoms with E-state index in [0.717, 1.165) is 32.1 Å². The van der Waals surface area contributed by atoms with Gasteiger partial charge in [0.2, 0.25) is 5.95 Å². The van der Waals surface area contributed by atoms with Crippen molar-refractivity contribution in [2.45, 2.75) is 53.0 Å². The maximum absolute atomic E-state index is 14.5. The van der Waals surface area contributed by atoms with E-state index in [0.29, 0.717) is 23.7 Å². The Labute approximate surface area is 162 Å². The van der Waals surface area contributed by atoms with Gasteiger partial charge in [-0.1, -0.05) is 20.8 Å². The number of aromatic nitrogens is 1. The molecule has 2 fully saturated rings. The number of rotatable bonds is 4. The summed E-state index contributed by atoms with van der Waals surface area (Å²) in [5.41, 5.74) is 1.02. The van der Waals surface area contributed by atoms with Crippen molar-refractivity contribution < 1.29 is 9.18 Å². The normalized spacial score (nSPS) is 24.3. The molecule has 5 nitrogen and oxygen atoms in total. The Balaban J connectivity index is 1.57. The van der Waals surface area contributed by atoms with Crippen LogP contribution in [0, 0.1) is 17.3 Å². The molecule has 1 amide bonds. The Morgan fingerprint density at radius 2 is 1.93 bits per heavy atom. The first-order valence-corrected chi connectivity index (χ1v) is 10.2. The van der Waals surface area contributed by atoms with Crippen LogP contribution in [0.3, 0.4) is 0 Å². The molecule has 1 saturated carbocycles. The molecule has 150 valence electrons. The molecule has 1 aliphatic heterocycles. The lowest BCUT2D eigenvalue weighted by Gasteiger charge is -2.39. The molecule has 1 aromatic heterocycles. The maximum atomic E-state index is 14.5. The van der Waals surface area contributed by atoms with Crippen LogP contribution in [-0.4, -0.2) is 54.6 Å². The largest absolute Gasteiger partial charge is 0.365 e. The Hall–Kier alpha value is -1.69. The summed E-state index contributed by atoms with van der Waals surface area (Å²) < 4.78 is 14.5.